The Balaban J connectivity index is 2.45. The van der Waals surface area contributed by atoms with Crippen molar-refractivity contribution in [1.82, 2.24) is 4.72 Å². The molecule has 2 aromatic carbocycles. The molecule has 0 unspecified atom stereocenters. The van der Waals surface area contributed by atoms with E-state index < -0.39 is 41.0 Å². The number of aldehydes is 1. The first-order chi connectivity index (χ1) is 13.3. The van der Waals surface area contributed by atoms with Gasteiger partial charge in [-0.25, -0.2) is 8.42 Å². The summed E-state index contributed by atoms with van der Waals surface area (Å²) in [6, 6.07) is 6.86. The molecule has 0 spiro atoms. The Bertz CT molecular complexity index is 1010. The number of azide groups is 1. The Kier molecular flexibility index (Phi) is 7.05. The van der Waals surface area contributed by atoms with Gasteiger partial charge < -0.3 is 25.2 Å². The quantitative estimate of drug-likeness (QED) is 0.162. The summed E-state index contributed by atoms with van der Waals surface area (Å²) in [7, 11) is -4.37. The third-order valence-corrected chi connectivity index (χ3v) is 5.56. The van der Waals surface area contributed by atoms with E-state index in [0.717, 1.165) is 0 Å². The Morgan fingerprint density at radius 3 is 2.36 bits per heavy atom. The number of nitrogens with one attached hydrogen (secondary N) is 1. The molecule has 11 nitrogen and oxygen atoms in total. The zero-order chi connectivity index (χ0) is 20.9. The number of sulfonamides is 1. The van der Waals surface area contributed by atoms with Crippen molar-refractivity contribution in [1.29, 1.82) is 0 Å². The monoisotopic (exact) mass is 410 g/mol. The van der Waals surface area contributed by atoms with E-state index in [2.05, 4.69) is 10.0 Å². The highest BCUT2D eigenvalue weighted by molar-refractivity contribution is 7.89. The molecule has 0 amide bonds. The van der Waals surface area contributed by atoms with Crippen LogP contribution in [0.4, 0.5) is 5.69 Å². The number of hydrogen-bond donors (Lipinski definition) is 5. The lowest BCUT2D eigenvalue weighted by Gasteiger charge is -2.26. The van der Waals surface area contributed by atoms with Crippen molar-refractivity contribution in [3.63, 3.8) is 0 Å². The molecule has 0 heterocycles. The largest absolute Gasteiger partial charge is 0.394 e. The lowest BCUT2D eigenvalue weighted by atomic mass is 10.0. The zero-order valence-corrected chi connectivity index (χ0v) is 15.1. The second kappa shape index (κ2) is 9.08. The first-order valence-corrected chi connectivity index (χ1v) is 9.44. The van der Waals surface area contributed by atoms with Crippen LogP contribution >= 0.6 is 0 Å². The van der Waals surface area contributed by atoms with E-state index >= 15 is 0 Å². The Morgan fingerprint density at radius 1 is 1.11 bits per heavy atom. The van der Waals surface area contributed by atoms with Crippen LogP contribution in [0.1, 0.15) is 0 Å². The van der Waals surface area contributed by atoms with Gasteiger partial charge in [0.2, 0.25) is 10.0 Å². The van der Waals surface area contributed by atoms with Gasteiger partial charge in [0.05, 0.1) is 11.5 Å². The molecular weight excluding hydrogens is 392 g/mol. The van der Waals surface area contributed by atoms with Gasteiger partial charge in [0.1, 0.15) is 30.6 Å². The Morgan fingerprint density at radius 2 is 1.75 bits per heavy atom. The maximum absolute atomic E-state index is 12.8. The van der Waals surface area contributed by atoms with Gasteiger partial charge in [0.15, 0.2) is 0 Å². The number of aliphatic hydroxyl groups excluding tert-OH is 4. The number of benzene rings is 2. The number of fused-ring (bicyclic) bond motifs is 1. The highest BCUT2D eigenvalue weighted by Crippen LogP contribution is 2.30. The van der Waals surface area contributed by atoms with E-state index in [9.17, 15) is 28.5 Å². The van der Waals surface area contributed by atoms with Crippen LogP contribution in [-0.2, 0) is 14.8 Å². The highest BCUT2D eigenvalue weighted by Gasteiger charge is 2.34. The molecule has 0 aliphatic rings. The van der Waals surface area contributed by atoms with E-state index in [4.69, 9.17) is 10.6 Å². The first kappa shape index (κ1) is 21.7. The van der Waals surface area contributed by atoms with Crippen LogP contribution in [0.3, 0.4) is 0 Å². The molecule has 0 saturated heterocycles. The molecular formula is C16H18N4O7S. The van der Waals surface area contributed by atoms with E-state index in [1.54, 1.807) is 6.07 Å². The average Bonchev–Trinajstić information content (AvgIpc) is 2.70. The van der Waals surface area contributed by atoms with Crippen LogP contribution in [0.15, 0.2) is 46.4 Å². The van der Waals surface area contributed by atoms with Gasteiger partial charge >= 0.3 is 0 Å². The molecule has 0 saturated carbocycles. The summed E-state index contributed by atoms with van der Waals surface area (Å²) < 4.78 is 27.5. The van der Waals surface area contributed by atoms with Crippen molar-refractivity contribution in [3.8, 4) is 0 Å². The molecule has 4 atom stereocenters. The third kappa shape index (κ3) is 4.46. The van der Waals surface area contributed by atoms with Crippen LogP contribution < -0.4 is 4.72 Å². The molecule has 2 aromatic rings. The smallest absolute Gasteiger partial charge is 0.241 e. The van der Waals surface area contributed by atoms with Crippen LogP contribution in [0.2, 0.25) is 0 Å². The van der Waals surface area contributed by atoms with Crippen molar-refractivity contribution >= 4 is 32.8 Å². The number of carbonyl (C=O) groups is 1. The molecule has 2 rings (SSSR count). The van der Waals surface area contributed by atoms with Crippen molar-refractivity contribution < 1.29 is 33.6 Å². The van der Waals surface area contributed by atoms with Crippen LogP contribution in [0.5, 0.6) is 0 Å². The SMILES string of the molecule is [N-]=[N+]=Nc1cccc2c(S(=O)(=O)N[C@@H](C=O)[C@@H](O)[C@@H](O)[C@H](O)CO)cccc12. The topological polar surface area (TPSA) is 193 Å². The highest BCUT2D eigenvalue weighted by atomic mass is 32.2. The lowest BCUT2D eigenvalue weighted by molar-refractivity contribution is -0.119. The van der Waals surface area contributed by atoms with Crippen molar-refractivity contribution in [3.05, 3.63) is 46.8 Å². The molecule has 0 bridgehead atoms. The first-order valence-electron chi connectivity index (χ1n) is 7.96. The summed E-state index contributed by atoms with van der Waals surface area (Å²) >= 11 is 0. The molecule has 0 radical (unpaired) electrons. The summed E-state index contributed by atoms with van der Waals surface area (Å²) in [6.07, 6.45) is -5.69. The molecule has 0 aliphatic heterocycles. The minimum atomic E-state index is -4.37. The molecule has 28 heavy (non-hydrogen) atoms. The minimum Gasteiger partial charge on any atom is -0.394 e. The molecule has 5 N–H and O–H groups in total. The number of nitrogens with zero attached hydrogens (tertiary/aromatic N) is 3. The predicted molar refractivity (Wildman–Crippen MR) is 98.0 cm³/mol. The van der Waals surface area contributed by atoms with Gasteiger partial charge in [0.25, 0.3) is 0 Å². The van der Waals surface area contributed by atoms with Crippen LogP contribution in [0, 0.1) is 0 Å². The summed E-state index contributed by atoms with van der Waals surface area (Å²) in [5.74, 6) is 0. The van der Waals surface area contributed by atoms with Gasteiger partial charge in [-0.1, -0.05) is 35.4 Å². The minimum absolute atomic E-state index is 0.0616. The van der Waals surface area contributed by atoms with Crippen molar-refractivity contribution in [2.24, 2.45) is 5.11 Å². The van der Waals surface area contributed by atoms with Gasteiger partial charge in [-0.15, -0.1) is 0 Å². The van der Waals surface area contributed by atoms with Gasteiger partial charge in [-0.2, -0.15) is 4.72 Å². The second-order valence-electron chi connectivity index (χ2n) is 5.83. The number of hydrogen-bond acceptors (Lipinski definition) is 8. The number of aliphatic hydroxyl groups is 4. The standard InChI is InChI=1S/C16H18N4O7S/c17-20-18-11-5-1-4-10-9(11)3-2-6-14(10)28(26,27)19-12(7-21)15(24)16(25)13(23)8-22/h1-7,12-13,15-16,19,22-25H,8H2/t12-,13+,15+,16-/m0/s1. The molecule has 150 valence electrons. The van der Waals surface area contributed by atoms with E-state index in [-0.39, 0.29) is 22.3 Å². The van der Waals surface area contributed by atoms with Gasteiger partial charge in [0, 0.05) is 16.0 Å². The lowest BCUT2D eigenvalue weighted by Crippen LogP contribution is -2.53. The maximum atomic E-state index is 12.8. The Hall–Kier alpha value is -2.57. The molecule has 0 aliphatic carbocycles. The summed E-state index contributed by atoms with van der Waals surface area (Å²) in [6.45, 7) is -0.901. The van der Waals surface area contributed by atoms with Crippen molar-refractivity contribution in [2.75, 3.05) is 6.61 Å². The van der Waals surface area contributed by atoms with Crippen LogP contribution in [-0.4, -0.2) is 66.1 Å². The van der Waals surface area contributed by atoms with Crippen molar-refractivity contribution in [2.45, 2.75) is 29.2 Å². The predicted octanol–water partition coefficient (Wildman–Crippen LogP) is -0.298. The molecule has 0 fully saturated rings. The number of carbonyl (C=O) groups excluding carboxylic acids is 1. The van der Waals surface area contributed by atoms with E-state index in [1.807, 2.05) is 4.72 Å². The molecule has 12 heteroatoms. The fourth-order valence-electron chi connectivity index (χ4n) is 2.60. The summed E-state index contributed by atoms with van der Waals surface area (Å²) in [5.41, 5.74) is 8.84. The second-order valence-corrected chi connectivity index (χ2v) is 7.51. The average molecular weight is 410 g/mol. The van der Waals surface area contributed by atoms with Gasteiger partial charge in [-0.05, 0) is 17.0 Å². The van der Waals surface area contributed by atoms with E-state index in [1.165, 1.54) is 30.3 Å². The fraction of sp³-hybridized carbons (Fsp3) is 0.312. The molecule has 0 aromatic heterocycles. The summed E-state index contributed by atoms with van der Waals surface area (Å²) in [5, 5.41) is 42.0. The van der Waals surface area contributed by atoms with Crippen LogP contribution in [0.25, 0.3) is 21.2 Å². The van der Waals surface area contributed by atoms with Gasteiger partial charge in [-0.3, -0.25) is 0 Å². The summed E-state index contributed by atoms with van der Waals surface area (Å²) in [4.78, 5) is 13.7. The van der Waals surface area contributed by atoms with E-state index in [0.29, 0.717) is 5.39 Å². The number of rotatable bonds is 9. The Labute approximate surface area is 159 Å². The maximum Gasteiger partial charge on any atom is 0.241 e. The normalized spacial score (nSPS) is 16.0. The third-order valence-electron chi connectivity index (χ3n) is 4.04. The fourth-order valence-corrected chi connectivity index (χ4v) is 4.01. The zero-order valence-electron chi connectivity index (χ0n) is 14.3.